The molecule has 1 N–H and O–H groups in total. The zero-order chi connectivity index (χ0) is 22.0. The van der Waals surface area contributed by atoms with Crippen molar-refractivity contribution in [3.63, 3.8) is 0 Å². The average Bonchev–Trinajstić information content (AvgIpc) is 2.70. The number of hydrogen-bond acceptors (Lipinski definition) is 3. The Morgan fingerprint density at radius 2 is 2.07 bits per heavy atom. The summed E-state index contributed by atoms with van der Waals surface area (Å²) in [4.78, 5) is 31.4. The summed E-state index contributed by atoms with van der Waals surface area (Å²) in [6, 6.07) is 6.35. The first-order chi connectivity index (χ1) is 14.3. The zero-order valence-electron chi connectivity index (χ0n) is 16.2. The molecule has 8 heteroatoms. The van der Waals surface area contributed by atoms with Crippen molar-refractivity contribution in [2.75, 3.05) is 13.2 Å². The van der Waals surface area contributed by atoms with Crippen LogP contribution >= 0.6 is 23.2 Å². The molecule has 1 aromatic heterocycles. The predicted octanol–water partition coefficient (Wildman–Crippen LogP) is 5.59. The van der Waals surface area contributed by atoms with Crippen LogP contribution in [0.15, 0.2) is 29.1 Å². The summed E-state index contributed by atoms with van der Waals surface area (Å²) in [5.74, 6) is -1.48. The molecule has 30 heavy (non-hydrogen) atoms. The normalized spacial score (nSPS) is 10.8. The van der Waals surface area contributed by atoms with Crippen LogP contribution in [0.4, 0.5) is 4.39 Å². The third-order valence-corrected chi connectivity index (χ3v) is 5.52. The van der Waals surface area contributed by atoms with Gasteiger partial charge in [0.2, 0.25) is 12.0 Å². The summed E-state index contributed by atoms with van der Waals surface area (Å²) in [5.41, 5.74) is 0.281. The molecular formula is C22H17Cl2FN2O3. The Labute approximate surface area is 182 Å². The van der Waals surface area contributed by atoms with Crippen molar-refractivity contribution in [1.82, 2.24) is 4.98 Å². The standard InChI is InChI=1S/C22H17Cl2FN2O3/c1-4-30-22(29)16-11(2)27-20-14(21(16)28)10-12(8-9-26-3)17(19(20)25)13-6-5-7-15(23)18(13)24/h5-7,10H,4,8-9H2,1-2H3,(H,27,28). The van der Waals surface area contributed by atoms with E-state index < -0.39 is 17.2 Å². The highest BCUT2D eigenvalue weighted by molar-refractivity contribution is 6.43. The maximum absolute atomic E-state index is 15.7. The van der Waals surface area contributed by atoms with Crippen molar-refractivity contribution in [3.05, 3.63) is 78.6 Å². The van der Waals surface area contributed by atoms with E-state index in [0.717, 1.165) is 0 Å². The fourth-order valence-electron chi connectivity index (χ4n) is 3.37. The van der Waals surface area contributed by atoms with Gasteiger partial charge < -0.3 is 14.6 Å². The first-order valence-electron chi connectivity index (χ1n) is 9.14. The van der Waals surface area contributed by atoms with E-state index in [2.05, 4.69) is 9.83 Å². The Morgan fingerprint density at radius 3 is 2.73 bits per heavy atom. The lowest BCUT2D eigenvalue weighted by atomic mass is 9.93. The van der Waals surface area contributed by atoms with Gasteiger partial charge in [0.05, 0.1) is 22.2 Å². The highest BCUT2D eigenvalue weighted by Crippen LogP contribution is 2.39. The number of nitrogens with zero attached hydrogens (tertiary/aromatic N) is 1. The summed E-state index contributed by atoms with van der Waals surface area (Å²) in [6.07, 6.45) is 0.191. The van der Waals surface area contributed by atoms with Gasteiger partial charge in [0.1, 0.15) is 5.56 Å². The van der Waals surface area contributed by atoms with Crippen LogP contribution in [0, 0.1) is 19.3 Å². The monoisotopic (exact) mass is 446 g/mol. The van der Waals surface area contributed by atoms with E-state index in [-0.39, 0.29) is 57.3 Å². The minimum Gasteiger partial charge on any atom is -0.462 e. The maximum atomic E-state index is 15.7. The number of hydrogen-bond donors (Lipinski definition) is 1. The topological polar surface area (TPSA) is 63.5 Å². The molecule has 0 aliphatic carbocycles. The molecule has 0 saturated carbocycles. The Hall–Kier alpha value is -2.88. The number of halogens is 3. The number of nitrogens with one attached hydrogen (secondary N) is 1. The molecular weight excluding hydrogens is 430 g/mol. The summed E-state index contributed by atoms with van der Waals surface area (Å²) < 4.78 is 20.7. The summed E-state index contributed by atoms with van der Waals surface area (Å²) in [7, 11) is 0. The molecule has 0 aliphatic heterocycles. The van der Waals surface area contributed by atoms with E-state index in [1.807, 2.05) is 0 Å². The largest absolute Gasteiger partial charge is 0.462 e. The molecule has 0 radical (unpaired) electrons. The van der Waals surface area contributed by atoms with E-state index >= 15 is 4.39 Å². The quantitative estimate of drug-likeness (QED) is 0.410. The second kappa shape index (κ2) is 8.86. The summed E-state index contributed by atoms with van der Waals surface area (Å²) in [5, 5.41) is 0.429. The number of aromatic nitrogens is 1. The molecule has 3 rings (SSSR count). The molecule has 0 aliphatic rings. The Balaban J connectivity index is 2.41. The number of pyridine rings is 1. The molecule has 154 valence electrons. The minimum absolute atomic E-state index is 0.00281. The van der Waals surface area contributed by atoms with Crippen molar-refractivity contribution in [1.29, 1.82) is 0 Å². The van der Waals surface area contributed by atoms with Gasteiger partial charge in [-0.25, -0.2) is 15.8 Å². The number of esters is 1. The lowest BCUT2D eigenvalue weighted by Crippen LogP contribution is -2.21. The van der Waals surface area contributed by atoms with E-state index in [1.54, 1.807) is 25.1 Å². The molecule has 0 unspecified atom stereocenters. The fraction of sp³-hybridized carbons (Fsp3) is 0.227. The molecule has 5 nitrogen and oxygen atoms in total. The van der Waals surface area contributed by atoms with Crippen LogP contribution in [-0.4, -0.2) is 24.1 Å². The molecule has 0 atom stereocenters. The van der Waals surface area contributed by atoms with Crippen molar-refractivity contribution >= 4 is 40.1 Å². The second-order valence-corrected chi connectivity index (χ2v) is 7.34. The lowest BCUT2D eigenvalue weighted by molar-refractivity contribution is 0.0523. The summed E-state index contributed by atoms with van der Waals surface area (Å²) in [6.45, 7) is 10.4. The van der Waals surface area contributed by atoms with Crippen LogP contribution in [-0.2, 0) is 11.2 Å². The maximum Gasteiger partial charge on any atom is 0.343 e. The smallest absolute Gasteiger partial charge is 0.343 e. The minimum atomic E-state index is -0.775. The Kier molecular flexibility index (Phi) is 6.45. The van der Waals surface area contributed by atoms with E-state index in [9.17, 15) is 9.59 Å². The molecule has 2 aromatic carbocycles. The SMILES string of the molecule is [C-]#[N+]CCc1cc2c(=O)c(C(=O)OCC)c(C)[nH]c2c(F)c1-c1cccc(Cl)c1Cl. The van der Waals surface area contributed by atoms with Gasteiger partial charge in [-0.15, -0.1) is 0 Å². The van der Waals surface area contributed by atoms with Gasteiger partial charge in [-0.3, -0.25) is 4.79 Å². The highest BCUT2D eigenvalue weighted by atomic mass is 35.5. The number of aromatic amines is 1. The van der Waals surface area contributed by atoms with E-state index in [0.29, 0.717) is 11.1 Å². The fourth-order valence-corrected chi connectivity index (χ4v) is 3.76. The number of aryl methyl sites for hydroxylation is 1. The molecule has 0 spiro atoms. The van der Waals surface area contributed by atoms with Gasteiger partial charge >= 0.3 is 5.97 Å². The molecule has 3 aromatic rings. The van der Waals surface area contributed by atoms with Crippen molar-refractivity contribution < 1.29 is 13.9 Å². The average molecular weight is 447 g/mol. The number of fused-ring (bicyclic) bond motifs is 1. The number of H-pyrrole nitrogens is 1. The predicted molar refractivity (Wildman–Crippen MR) is 116 cm³/mol. The van der Waals surface area contributed by atoms with Crippen molar-refractivity contribution in [2.45, 2.75) is 20.3 Å². The third kappa shape index (κ3) is 3.79. The summed E-state index contributed by atoms with van der Waals surface area (Å²) >= 11 is 12.4. The molecule has 0 bridgehead atoms. The highest BCUT2D eigenvalue weighted by Gasteiger charge is 2.24. The van der Waals surface area contributed by atoms with Crippen molar-refractivity contribution in [2.24, 2.45) is 0 Å². The first-order valence-corrected chi connectivity index (χ1v) is 9.90. The number of rotatable bonds is 5. The Bertz CT molecular complexity index is 1260. The van der Waals surface area contributed by atoms with Gasteiger partial charge in [-0.1, -0.05) is 35.3 Å². The van der Waals surface area contributed by atoms with Crippen LogP contribution in [0.1, 0.15) is 28.5 Å². The Morgan fingerprint density at radius 1 is 1.33 bits per heavy atom. The third-order valence-electron chi connectivity index (χ3n) is 4.70. The van der Waals surface area contributed by atoms with Gasteiger partial charge in [0, 0.05) is 28.6 Å². The number of benzene rings is 2. The molecule has 0 amide bonds. The van der Waals surface area contributed by atoms with Gasteiger partial charge in [0.15, 0.2) is 5.82 Å². The van der Waals surface area contributed by atoms with Crippen LogP contribution in [0.25, 0.3) is 26.9 Å². The van der Waals surface area contributed by atoms with Gasteiger partial charge in [-0.2, -0.15) is 0 Å². The van der Waals surface area contributed by atoms with Crippen LogP contribution in [0.3, 0.4) is 0 Å². The lowest BCUT2D eigenvalue weighted by Gasteiger charge is -2.15. The van der Waals surface area contributed by atoms with Crippen LogP contribution < -0.4 is 5.43 Å². The second-order valence-electron chi connectivity index (χ2n) is 6.55. The zero-order valence-corrected chi connectivity index (χ0v) is 17.7. The van der Waals surface area contributed by atoms with E-state index in [1.165, 1.54) is 13.0 Å². The van der Waals surface area contributed by atoms with E-state index in [4.69, 9.17) is 34.5 Å². The van der Waals surface area contributed by atoms with Gasteiger partial charge in [-0.05, 0) is 31.5 Å². The number of carbonyl (C=O) groups excluding carboxylic acids is 1. The molecule has 0 saturated heterocycles. The van der Waals surface area contributed by atoms with Gasteiger partial charge in [0.25, 0.3) is 0 Å². The van der Waals surface area contributed by atoms with Crippen molar-refractivity contribution in [3.8, 4) is 11.1 Å². The number of carbonyl (C=O) groups is 1. The first kappa shape index (κ1) is 21.8. The van der Waals surface area contributed by atoms with Crippen LogP contribution in [0.2, 0.25) is 10.0 Å². The number of ether oxygens (including phenoxy) is 1. The molecule has 1 heterocycles. The molecule has 0 fully saturated rings. The van der Waals surface area contributed by atoms with Crippen LogP contribution in [0.5, 0.6) is 0 Å².